The van der Waals surface area contributed by atoms with Crippen molar-refractivity contribution in [2.45, 2.75) is 19.0 Å². The molecule has 136 valence electrons. The number of thiazole rings is 1. The number of aromatic amines is 1. The number of nitrogens with zero attached hydrogens (tertiary/aromatic N) is 2. The van der Waals surface area contributed by atoms with Gasteiger partial charge in [-0.05, 0) is 24.1 Å². The Morgan fingerprint density at radius 2 is 2.04 bits per heavy atom. The molecule has 2 aromatic heterocycles. The fourth-order valence-electron chi connectivity index (χ4n) is 4.21. The first-order valence-electron chi connectivity index (χ1n) is 9.20. The zero-order valence-corrected chi connectivity index (χ0v) is 16.0. The predicted octanol–water partition coefficient (Wildman–Crippen LogP) is 4.78. The van der Waals surface area contributed by atoms with Crippen molar-refractivity contribution in [3.8, 4) is 5.75 Å². The lowest BCUT2D eigenvalue weighted by atomic mass is 9.92. The van der Waals surface area contributed by atoms with Gasteiger partial charge < -0.3 is 9.72 Å². The van der Waals surface area contributed by atoms with Gasteiger partial charge in [-0.1, -0.05) is 36.4 Å². The van der Waals surface area contributed by atoms with E-state index < -0.39 is 0 Å². The van der Waals surface area contributed by atoms with Crippen LogP contribution in [0.4, 0.5) is 0 Å². The van der Waals surface area contributed by atoms with E-state index >= 15 is 0 Å². The van der Waals surface area contributed by atoms with Gasteiger partial charge in [-0.25, -0.2) is 4.98 Å². The first-order chi connectivity index (χ1) is 13.3. The van der Waals surface area contributed by atoms with E-state index in [4.69, 9.17) is 4.74 Å². The maximum absolute atomic E-state index is 5.72. The van der Waals surface area contributed by atoms with Crippen molar-refractivity contribution in [1.29, 1.82) is 0 Å². The molecule has 4 nitrogen and oxygen atoms in total. The largest absolute Gasteiger partial charge is 0.496 e. The van der Waals surface area contributed by atoms with Gasteiger partial charge in [0.2, 0.25) is 0 Å². The van der Waals surface area contributed by atoms with Crippen LogP contribution in [0.2, 0.25) is 0 Å². The van der Waals surface area contributed by atoms with E-state index in [1.165, 1.54) is 27.7 Å². The van der Waals surface area contributed by atoms with Crippen LogP contribution >= 0.6 is 11.3 Å². The Balaban J connectivity index is 1.67. The molecule has 0 saturated carbocycles. The van der Waals surface area contributed by atoms with Crippen LogP contribution in [0.15, 0.2) is 60.1 Å². The van der Waals surface area contributed by atoms with E-state index in [2.05, 4.69) is 51.3 Å². The van der Waals surface area contributed by atoms with Crippen LogP contribution in [0.3, 0.4) is 0 Å². The van der Waals surface area contributed by atoms with E-state index in [1.807, 2.05) is 23.7 Å². The number of hydrogen-bond acceptors (Lipinski definition) is 4. The Bertz CT molecular complexity index is 1070. The third-order valence-electron chi connectivity index (χ3n) is 5.39. The Morgan fingerprint density at radius 3 is 2.89 bits per heavy atom. The summed E-state index contributed by atoms with van der Waals surface area (Å²) in [5, 5.41) is 4.53. The standard InChI is InChI=1S/C22H21N3OS/c1-26-19-9-5-3-7-17(19)22-21-16(15-6-2-4-8-18(15)24-21)10-12-25(22)14-20-23-11-13-27-20/h2-9,11,13,22,24H,10,12,14H2,1H3/t22-/m1/s1. The van der Waals surface area contributed by atoms with Crippen LogP contribution in [-0.2, 0) is 13.0 Å². The molecule has 4 aromatic rings. The molecule has 0 saturated heterocycles. The molecule has 2 aromatic carbocycles. The smallest absolute Gasteiger partial charge is 0.124 e. The molecule has 0 spiro atoms. The third-order valence-corrected chi connectivity index (χ3v) is 6.15. The van der Waals surface area contributed by atoms with Crippen LogP contribution in [-0.4, -0.2) is 28.5 Å². The van der Waals surface area contributed by atoms with Gasteiger partial charge in [-0.3, -0.25) is 4.90 Å². The van der Waals surface area contributed by atoms with E-state index in [0.29, 0.717) is 0 Å². The summed E-state index contributed by atoms with van der Waals surface area (Å²) < 4.78 is 5.72. The predicted molar refractivity (Wildman–Crippen MR) is 109 cm³/mol. The lowest BCUT2D eigenvalue weighted by Crippen LogP contribution is -2.35. The number of rotatable bonds is 4. The summed E-state index contributed by atoms with van der Waals surface area (Å²) in [6.07, 6.45) is 2.92. The second-order valence-corrected chi connectivity index (χ2v) is 7.83. The topological polar surface area (TPSA) is 41.1 Å². The molecule has 5 rings (SSSR count). The molecule has 5 heteroatoms. The Hall–Kier alpha value is -2.63. The summed E-state index contributed by atoms with van der Waals surface area (Å²) in [4.78, 5) is 10.7. The monoisotopic (exact) mass is 375 g/mol. The zero-order valence-electron chi connectivity index (χ0n) is 15.2. The maximum Gasteiger partial charge on any atom is 0.124 e. The average Bonchev–Trinajstić information content (AvgIpc) is 3.35. The van der Waals surface area contributed by atoms with Crippen molar-refractivity contribution in [2.75, 3.05) is 13.7 Å². The van der Waals surface area contributed by atoms with Gasteiger partial charge >= 0.3 is 0 Å². The highest BCUT2D eigenvalue weighted by Gasteiger charge is 2.33. The van der Waals surface area contributed by atoms with Crippen LogP contribution in [0.5, 0.6) is 5.75 Å². The third kappa shape index (κ3) is 2.83. The molecule has 0 radical (unpaired) electrons. The van der Waals surface area contributed by atoms with E-state index in [0.717, 1.165) is 30.3 Å². The van der Waals surface area contributed by atoms with Crippen LogP contribution in [0.1, 0.15) is 27.9 Å². The molecule has 0 unspecified atom stereocenters. The molecule has 3 heterocycles. The van der Waals surface area contributed by atoms with Gasteiger partial charge in [0.1, 0.15) is 10.8 Å². The molecule has 0 amide bonds. The van der Waals surface area contributed by atoms with E-state index in [9.17, 15) is 0 Å². The summed E-state index contributed by atoms with van der Waals surface area (Å²) in [5.74, 6) is 0.929. The highest BCUT2D eigenvalue weighted by molar-refractivity contribution is 7.09. The van der Waals surface area contributed by atoms with Crippen molar-refractivity contribution in [1.82, 2.24) is 14.9 Å². The Labute approximate surface area is 162 Å². The number of hydrogen-bond donors (Lipinski definition) is 1. The maximum atomic E-state index is 5.72. The molecule has 1 atom stereocenters. The molecule has 0 fully saturated rings. The van der Waals surface area contributed by atoms with Gasteiger partial charge in [-0.15, -0.1) is 11.3 Å². The highest BCUT2D eigenvalue weighted by atomic mass is 32.1. The molecule has 0 aliphatic carbocycles. The van der Waals surface area contributed by atoms with Crippen LogP contribution in [0.25, 0.3) is 10.9 Å². The summed E-state index contributed by atoms with van der Waals surface area (Å²) in [6, 6.07) is 17.1. The van der Waals surface area contributed by atoms with Gasteiger partial charge in [0.05, 0.1) is 19.7 Å². The number of aromatic nitrogens is 2. The fraction of sp³-hybridized carbons (Fsp3) is 0.227. The van der Waals surface area contributed by atoms with Gasteiger partial charge in [0.25, 0.3) is 0 Å². The number of ether oxygens (including phenoxy) is 1. The average molecular weight is 375 g/mol. The second-order valence-electron chi connectivity index (χ2n) is 6.85. The SMILES string of the molecule is COc1ccccc1[C@@H]1c2[nH]c3ccccc3c2CCN1Cc1nccs1. The minimum Gasteiger partial charge on any atom is -0.496 e. The lowest BCUT2D eigenvalue weighted by Gasteiger charge is -2.36. The quantitative estimate of drug-likeness (QED) is 0.558. The normalized spacial score (nSPS) is 17.1. The molecule has 1 N–H and O–H groups in total. The van der Waals surface area contributed by atoms with Crippen molar-refractivity contribution in [3.05, 3.63) is 81.9 Å². The highest BCUT2D eigenvalue weighted by Crippen LogP contribution is 2.41. The first-order valence-corrected chi connectivity index (χ1v) is 10.1. The van der Waals surface area contributed by atoms with Crippen molar-refractivity contribution >= 4 is 22.2 Å². The lowest BCUT2D eigenvalue weighted by molar-refractivity contribution is 0.198. The van der Waals surface area contributed by atoms with Gasteiger partial charge in [-0.2, -0.15) is 0 Å². The van der Waals surface area contributed by atoms with E-state index in [1.54, 1.807) is 18.4 Å². The summed E-state index contributed by atoms with van der Waals surface area (Å²) in [6.45, 7) is 1.84. The summed E-state index contributed by atoms with van der Waals surface area (Å²) in [7, 11) is 1.75. The van der Waals surface area contributed by atoms with Crippen molar-refractivity contribution < 1.29 is 4.74 Å². The van der Waals surface area contributed by atoms with Crippen molar-refractivity contribution in [2.24, 2.45) is 0 Å². The fourth-order valence-corrected chi connectivity index (χ4v) is 4.85. The minimum absolute atomic E-state index is 0.126. The number of fused-ring (bicyclic) bond motifs is 3. The van der Waals surface area contributed by atoms with Crippen LogP contribution < -0.4 is 4.74 Å². The number of para-hydroxylation sites is 2. The summed E-state index contributed by atoms with van der Waals surface area (Å²) in [5.41, 5.74) is 5.11. The Morgan fingerprint density at radius 1 is 1.19 bits per heavy atom. The number of benzene rings is 2. The zero-order chi connectivity index (χ0) is 18.2. The molecule has 27 heavy (non-hydrogen) atoms. The molecule has 1 aliphatic rings. The molecule has 1 aliphatic heterocycles. The van der Waals surface area contributed by atoms with Gasteiger partial charge in [0, 0.05) is 40.3 Å². The van der Waals surface area contributed by atoms with Crippen LogP contribution in [0, 0.1) is 0 Å². The summed E-state index contributed by atoms with van der Waals surface area (Å²) >= 11 is 1.72. The minimum atomic E-state index is 0.126. The van der Waals surface area contributed by atoms with E-state index in [-0.39, 0.29) is 6.04 Å². The number of H-pyrrole nitrogens is 1. The first kappa shape index (κ1) is 16.5. The Kier molecular flexibility index (Phi) is 4.19. The second kappa shape index (κ2) is 6.83. The number of nitrogens with one attached hydrogen (secondary N) is 1. The van der Waals surface area contributed by atoms with Crippen molar-refractivity contribution in [3.63, 3.8) is 0 Å². The number of methoxy groups -OCH3 is 1. The molecule has 0 bridgehead atoms. The molecular weight excluding hydrogens is 354 g/mol. The van der Waals surface area contributed by atoms with Gasteiger partial charge in [0.15, 0.2) is 0 Å². The molecular formula is C22H21N3OS.